The van der Waals surface area contributed by atoms with Crippen LogP contribution in [-0.4, -0.2) is 53.1 Å². The third kappa shape index (κ3) is 3.87. The minimum absolute atomic E-state index is 0.370. The summed E-state index contributed by atoms with van der Waals surface area (Å²) < 4.78 is 0. The fraction of sp³-hybridized carbons (Fsp3) is 0.611. The lowest BCUT2D eigenvalue weighted by molar-refractivity contribution is 0.0697. The van der Waals surface area contributed by atoms with Crippen molar-refractivity contribution in [2.45, 2.75) is 44.7 Å². The molecule has 1 aromatic carbocycles. The summed E-state index contributed by atoms with van der Waals surface area (Å²) in [6, 6.07) is 8.01. The van der Waals surface area contributed by atoms with E-state index in [2.05, 4.69) is 9.80 Å². The van der Waals surface area contributed by atoms with Gasteiger partial charge in [0.15, 0.2) is 0 Å². The van der Waals surface area contributed by atoms with Crippen LogP contribution in [0.25, 0.3) is 0 Å². The van der Waals surface area contributed by atoms with Crippen molar-refractivity contribution in [1.82, 2.24) is 9.80 Å². The van der Waals surface area contributed by atoms with Crippen molar-refractivity contribution in [3.63, 3.8) is 0 Å². The van der Waals surface area contributed by atoms with E-state index in [1.807, 2.05) is 12.1 Å². The first kappa shape index (κ1) is 15.5. The van der Waals surface area contributed by atoms with Crippen LogP contribution in [0.4, 0.5) is 0 Å². The van der Waals surface area contributed by atoms with Crippen molar-refractivity contribution in [2.75, 3.05) is 26.2 Å². The average molecular weight is 302 g/mol. The lowest BCUT2D eigenvalue weighted by Crippen LogP contribution is -2.42. The molecule has 1 N–H and O–H groups in total. The first-order valence-corrected chi connectivity index (χ1v) is 8.51. The van der Waals surface area contributed by atoms with Gasteiger partial charge in [-0.05, 0) is 63.0 Å². The molecule has 2 saturated heterocycles. The molecule has 0 saturated carbocycles. The van der Waals surface area contributed by atoms with Gasteiger partial charge in [-0.25, -0.2) is 4.79 Å². The molecule has 3 rings (SSSR count). The van der Waals surface area contributed by atoms with Crippen LogP contribution >= 0.6 is 0 Å². The van der Waals surface area contributed by atoms with E-state index < -0.39 is 5.97 Å². The summed E-state index contributed by atoms with van der Waals surface area (Å²) in [6.45, 7) is 5.83. The molecule has 4 nitrogen and oxygen atoms in total. The summed E-state index contributed by atoms with van der Waals surface area (Å²) in [4.78, 5) is 16.1. The highest BCUT2D eigenvalue weighted by atomic mass is 16.4. The Hall–Kier alpha value is -1.39. The second-order valence-corrected chi connectivity index (χ2v) is 6.63. The van der Waals surface area contributed by atoms with Crippen LogP contribution in [-0.2, 0) is 6.54 Å². The van der Waals surface area contributed by atoms with Crippen molar-refractivity contribution >= 4 is 5.97 Å². The number of aromatic carboxylic acids is 1. The summed E-state index contributed by atoms with van der Waals surface area (Å²) in [5, 5.41) is 8.97. The zero-order valence-electron chi connectivity index (χ0n) is 13.2. The molecule has 120 valence electrons. The van der Waals surface area contributed by atoms with Crippen LogP contribution in [0.1, 0.15) is 48.0 Å². The van der Waals surface area contributed by atoms with Crippen LogP contribution in [0.2, 0.25) is 0 Å². The fourth-order valence-electron chi connectivity index (χ4n) is 3.74. The summed E-state index contributed by atoms with van der Waals surface area (Å²) in [5.41, 5.74) is 1.59. The third-order valence-electron chi connectivity index (χ3n) is 5.00. The average Bonchev–Trinajstić information content (AvgIpc) is 2.96. The maximum absolute atomic E-state index is 10.9. The molecule has 2 aliphatic rings. The molecule has 0 radical (unpaired) electrons. The molecule has 22 heavy (non-hydrogen) atoms. The van der Waals surface area contributed by atoms with E-state index in [1.54, 1.807) is 12.1 Å². The minimum Gasteiger partial charge on any atom is -0.478 e. The van der Waals surface area contributed by atoms with E-state index in [-0.39, 0.29) is 0 Å². The maximum Gasteiger partial charge on any atom is 0.335 e. The number of benzene rings is 1. The van der Waals surface area contributed by atoms with E-state index in [4.69, 9.17) is 5.11 Å². The van der Waals surface area contributed by atoms with Gasteiger partial charge >= 0.3 is 5.97 Å². The standard InChI is InChI=1S/C18H26N2O2/c21-18(22)16-8-6-15(7-9-16)13-20-12-4-5-17(20)14-19-10-2-1-3-11-19/h6-9,17H,1-5,10-14H2,(H,21,22). The van der Waals surface area contributed by atoms with Gasteiger partial charge in [0.05, 0.1) is 5.56 Å². The van der Waals surface area contributed by atoms with E-state index in [0.717, 1.165) is 6.54 Å². The molecular weight excluding hydrogens is 276 g/mol. The molecular formula is C18H26N2O2. The first-order chi connectivity index (χ1) is 10.7. The number of carboxylic acids is 1. The molecule has 0 aromatic heterocycles. The zero-order valence-corrected chi connectivity index (χ0v) is 13.2. The predicted octanol–water partition coefficient (Wildman–Crippen LogP) is 2.84. The number of hydrogen-bond donors (Lipinski definition) is 1. The molecule has 0 spiro atoms. The molecule has 1 atom stereocenters. The Morgan fingerprint density at radius 1 is 1.05 bits per heavy atom. The number of carboxylic acid groups (broad SMARTS) is 1. The second kappa shape index (κ2) is 7.25. The Kier molecular flexibility index (Phi) is 5.11. The number of likely N-dealkylation sites (tertiary alicyclic amines) is 2. The summed E-state index contributed by atoms with van der Waals surface area (Å²) in [7, 11) is 0. The fourth-order valence-corrected chi connectivity index (χ4v) is 3.74. The Morgan fingerprint density at radius 3 is 2.45 bits per heavy atom. The predicted molar refractivity (Wildman–Crippen MR) is 87.1 cm³/mol. The third-order valence-corrected chi connectivity index (χ3v) is 5.00. The molecule has 0 aliphatic carbocycles. The van der Waals surface area contributed by atoms with Crippen LogP contribution in [0.15, 0.2) is 24.3 Å². The lowest BCUT2D eigenvalue weighted by Gasteiger charge is -2.33. The number of hydrogen-bond acceptors (Lipinski definition) is 3. The summed E-state index contributed by atoms with van der Waals surface area (Å²) >= 11 is 0. The van der Waals surface area contributed by atoms with E-state index in [1.165, 1.54) is 63.8 Å². The first-order valence-electron chi connectivity index (χ1n) is 8.51. The second-order valence-electron chi connectivity index (χ2n) is 6.63. The molecule has 1 aromatic rings. The minimum atomic E-state index is -0.851. The summed E-state index contributed by atoms with van der Waals surface area (Å²) in [6.07, 6.45) is 6.67. The monoisotopic (exact) mass is 302 g/mol. The van der Waals surface area contributed by atoms with E-state index in [0.29, 0.717) is 11.6 Å². The maximum atomic E-state index is 10.9. The SMILES string of the molecule is O=C(O)c1ccc(CN2CCCC2CN2CCCCC2)cc1. The zero-order chi connectivity index (χ0) is 15.4. The van der Waals surface area contributed by atoms with Crippen molar-refractivity contribution in [3.05, 3.63) is 35.4 Å². The van der Waals surface area contributed by atoms with Crippen molar-refractivity contribution in [3.8, 4) is 0 Å². The number of piperidine rings is 1. The Balaban J connectivity index is 1.57. The van der Waals surface area contributed by atoms with E-state index in [9.17, 15) is 4.79 Å². The van der Waals surface area contributed by atoms with Crippen molar-refractivity contribution in [2.24, 2.45) is 0 Å². The lowest BCUT2D eigenvalue weighted by atomic mass is 10.1. The van der Waals surface area contributed by atoms with Gasteiger partial charge in [-0.3, -0.25) is 4.90 Å². The molecule has 0 amide bonds. The molecule has 4 heteroatoms. The van der Waals surface area contributed by atoms with Crippen LogP contribution in [0, 0.1) is 0 Å². The highest BCUT2D eigenvalue weighted by molar-refractivity contribution is 5.87. The Bertz CT molecular complexity index is 494. The van der Waals surface area contributed by atoms with Gasteiger partial charge in [-0.1, -0.05) is 18.6 Å². The van der Waals surface area contributed by atoms with Crippen LogP contribution < -0.4 is 0 Å². The topological polar surface area (TPSA) is 43.8 Å². The number of carbonyl (C=O) groups is 1. The highest BCUT2D eigenvalue weighted by Crippen LogP contribution is 2.22. The normalized spacial score (nSPS) is 23.7. The van der Waals surface area contributed by atoms with Crippen molar-refractivity contribution in [1.29, 1.82) is 0 Å². The molecule has 0 bridgehead atoms. The van der Waals surface area contributed by atoms with E-state index >= 15 is 0 Å². The molecule has 1 unspecified atom stereocenters. The number of rotatable bonds is 5. The smallest absolute Gasteiger partial charge is 0.335 e. The Morgan fingerprint density at radius 2 is 1.77 bits per heavy atom. The van der Waals surface area contributed by atoms with Gasteiger partial charge in [-0.15, -0.1) is 0 Å². The van der Waals surface area contributed by atoms with Crippen LogP contribution in [0.5, 0.6) is 0 Å². The van der Waals surface area contributed by atoms with Crippen LogP contribution in [0.3, 0.4) is 0 Å². The highest BCUT2D eigenvalue weighted by Gasteiger charge is 2.26. The Labute approximate surface area is 132 Å². The van der Waals surface area contributed by atoms with Gasteiger partial charge in [0, 0.05) is 19.1 Å². The molecule has 2 aliphatic heterocycles. The van der Waals surface area contributed by atoms with Gasteiger partial charge in [-0.2, -0.15) is 0 Å². The van der Waals surface area contributed by atoms with Gasteiger partial charge < -0.3 is 10.0 Å². The van der Waals surface area contributed by atoms with Gasteiger partial charge in [0.2, 0.25) is 0 Å². The summed E-state index contributed by atoms with van der Waals surface area (Å²) in [5.74, 6) is -0.851. The van der Waals surface area contributed by atoms with Gasteiger partial charge in [0.1, 0.15) is 0 Å². The largest absolute Gasteiger partial charge is 0.478 e. The van der Waals surface area contributed by atoms with Crippen molar-refractivity contribution < 1.29 is 9.90 Å². The number of nitrogens with zero attached hydrogens (tertiary/aromatic N) is 2. The molecule has 2 fully saturated rings. The molecule has 2 heterocycles. The van der Waals surface area contributed by atoms with Gasteiger partial charge in [0.25, 0.3) is 0 Å². The quantitative estimate of drug-likeness (QED) is 0.908.